The molecule has 0 radical (unpaired) electrons. The maximum atomic E-state index is 10.4. The molecule has 0 atom stereocenters. The first kappa shape index (κ1) is 11.8. The number of hydrogen-bond donors (Lipinski definition) is 1. The molecule has 1 heterocycles. The molecule has 0 saturated heterocycles. The van der Waals surface area contributed by atoms with Crippen LogP contribution in [0.5, 0.6) is 0 Å². The Morgan fingerprint density at radius 2 is 2.38 bits per heavy atom. The van der Waals surface area contributed by atoms with E-state index in [1.54, 1.807) is 6.21 Å². The second kappa shape index (κ2) is 5.59. The van der Waals surface area contributed by atoms with Crippen LogP contribution in [0.4, 0.5) is 11.5 Å². The average molecular weight is 220 g/mol. The average Bonchev–Trinajstić information content (AvgIpc) is 2.29. The van der Waals surface area contributed by atoms with Crippen molar-refractivity contribution in [2.75, 3.05) is 5.43 Å². The molecule has 1 N–H and O–H groups in total. The number of hydrazone groups is 1. The minimum Gasteiger partial charge on any atom is -0.261 e. The quantitative estimate of drug-likeness (QED) is 0.479. The Morgan fingerprint density at radius 1 is 1.62 bits per heavy atom. The minimum atomic E-state index is -0.496. The van der Waals surface area contributed by atoms with Crippen LogP contribution in [0.25, 0.3) is 0 Å². The van der Waals surface area contributed by atoms with E-state index in [1.165, 1.54) is 18.3 Å². The van der Waals surface area contributed by atoms with Crippen LogP contribution in [0.15, 0.2) is 35.1 Å². The minimum absolute atomic E-state index is 0.0424. The van der Waals surface area contributed by atoms with Crippen LogP contribution in [-0.4, -0.2) is 16.1 Å². The normalized spacial score (nSPS) is 11.8. The van der Waals surface area contributed by atoms with Gasteiger partial charge in [-0.1, -0.05) is 6.08 Å². The van der Waals surface area contributed by atoms with Crippen molar-refractivity contribution in [3.8, 4) is 0 Å². The van der Waals surface area contributed by atoms with Gasteiger partial charge in [-0.05, 0) is 25.5 Å². The summed E-state index contributed by atoms with van der Waals surface area (Å²) in [4.78, 5) is 13.7. The molecule has 0 aliphatic rings. The smallest absolute Gasteiger partial charge is 0.261 e. The maximum Gasteiger partial charge on any atom is 0.287 e. The molecule has 1 aromatic heterocycles. The summed E-state index contributed by atoms with van der Waals surface area (Å²) in [5, 5.41) is 14.3. The van der Waals surface area contributed by atoms with Gasteiger partial charge in [0.15, 0.2) is 0 Å². The van der Waals surface area contributed by atoms with Gasteiger partial charge in [0.25, 0.3) is 5.69 Å². The molecule has 0 unspecified atom stereocenters. The van der Waals surface area contributed by atoms with Crippen molar-refractivity contribution in [2.24, 2.45) is 5.10 Å². The van der Waals surface area contributed by atoms with E-state index in [4.69, 9.17) is 0 Å². The molecule has 0 saturated carbocycles. The number of nitrogens with one attached hydrogen (secondary N) is 1. The monoisotopic (exact) mass is 220 g/mol. The van der Waals surface area contributed by atoms with Crippen LogP contribution in [0.1, 0.15) is 13.8 Å². The van der Waals surface area contributed by atoms with Crippen molar-refractivity contribution in [1.82, 2.24) is 4.98 Å². The van der Waals surface area contributed by atoms with Gasteiger partial charge in [-0.15, -0.1) is 0 Å². The fourth-order valence-electron chi connectivity index (χ4n) is 0.835. The Balaban J connectivity index is 2.63. The Morgan fingerprint density at radius 3 is 2.88 bits per heavy atom. The van der Waals surface area contributed by atoms with E-state index in [2.05, 4.69) is 15.5 Å². The highest BCUT2D eigenvalue weighted by Gasteiger charge is 2.03. The molecule has 84 valence electrons. The highest BCUT2D eigenvalue weighted by molar-refractivity contribution is 5.78. The van der Waals surface area contributed by atoms with Gasteiger partial charge in [0.2, 0.25) is 0 Å². The molecule has 0 aliphatic carbocycles. The molecular weight excluding hydrogens is 208 g/mol. The highest BCUT2D eigenvalue weighted by atomic mass is 16.6. The van der Waals surface area contributed by atoms with Crippen molar-refractivity contribution in [3.63, 3.8) is 0 Å². The molecule has 6 nitrogen and oxygen atoms in total. The second-order valence-corrected chi connectivity index (χ2v) is 3.06. The standard InChI is InChI=1S/C10H12N4O2/c1-3-8(2)6-12-13-10-5-4-9(7-11-10)14(15)16/h3-7H,1-2H3,(H,11,13)/b8-3?,12-6+. The van der Waals surface area contributed by atoms with E-state index in [0.29, 0.717) is 5.82 Å². The Hall–Kier alpha value is -2.24. The molecular formula is C10H12N4O2. The molecule has 6 heteroatoms. The van der Waals surface area contributed by atoms with Crippen LogP contribution in [0.2, 0.25) is 0 Å². The van der Waals surface area contributed by atoms with Gasteiger partial charge in [0.1, 0.15) is 12.0 Å². The van der Waals surface area contributed by atoms with Crippen LogP contribution in [0, 0.1) is 10.1 Å². The number of anilines is 1. The first-order valence-corrected chi connectivity index (χ1v) is 4.66. The topological polar surface area (TPSA) is 80.4 Å². The lowest BCUT2D eigenvalue weighted by molar-refractivity contribution is -0.385. The van der Waals surface area contributed by atoms with Crippen molar-refractivity contribution in [2.45, 2.75) is 13.8 Å². The highest BCUT2D eigenvalue weighted by Crippen LogP contribution is 2.11. The Kier molecular flexibility index (Phi) is 4.14. The van der Waals surface area contributed by atoms with Crippen LogP contribution < -0.4 is 5.43 Å². The molecule has 0 fully saturated rings. The van der Waals surface area contributed by atoms with Gasteiger partial charge in [-0.2, -0.15) is 5.10 Å². The molecule has 16 heavy (non-hydrogen) atoms. The third-order valence-electron chi connectivity index (χ3n) is 1.86. The number of hydrogen-bond acceptors (Lipinski definition) is 5. The molecule has 1 rings (SSSR count). The van der Waals surface area contributed by atoms with Crippen molar-refractivity contribution in [1.29, 1.82) is 0 Å². The number of nitrogens with zero attached hydrogens (tertiary/aromatic N) is 3. The van der Waals surface area contributed by atoms with Crippen LogP contribution in [0.3, 0.4) is 0 Å². The summed E-state index contributed by atoms with van der Waals surface area (Å²) in [6.45, 7) is 3.82. The lowest BCUT2D eigenvalue weighted by Gasteiger charge is -1.97. The number of pyridine rings is 1. The van der Waals surface area contributed by atoms with Crippen LogP contribution in [-0.2, 0) is 0 Å². The van der Waals surface area contributed by atoms with E-state index in [9.17, 15) is 10.1 Å². The van der Waals surface area contributed by atoms with E-state index in [1.807, 2.05) is 19.9 Å². The lowest BCUT2D eigenvalue weighted by Crippen LogP contribution is -1.94. The number of aromatic nitrogens is 1. The summed E-state index contributed by atoms with van der Waals surface area (Å²) >= 11 is 0. The third kappa shape index (κ3) is 3.49. The van der Waals surface area contributed by atoms with E-state index >= 15 is 0 Å². The van der Waals surface area contributed by atoms with Crippen molar-refractivity contribution >= 4 is 17.7 Å². The SMILES string of the molecule is CC=C(C)/C=N/Nc1ccc([N+](=O)[O-])cn1. The van der Waals surface area contributed by atoms with Gasteiger partial charge >= 0.3 is 0 Å². The molecule has 0 aromatic carbocycles. The van der Waals surface area contributed by atoms with Gasteiger partial charge in [-0.3, -0.25) is 15.5 Å². The summed E-state index contributed by atoms with van der Waals surface area (Å²) in [6.07, 6.45) is 4.73. The lowest BCUT2D eigenvalue weighted by atomic mass is 10.3. The molecule has 1 aromatic rings. The van der Waals surface area contributed by atoms with Gasteiger partial charge < -0.3 is 0 Å². The van der Waals surface area contributed by atoms with Gasteiger partial charge in [-0.25, -0.2) is 4.98 Å². The third-order valence-corrected chi connectivity index (χ3v) is 1.86. The summed E-state index contributed by atoms with van der Waals surface area (Å²) < 4.78 is 0. The van der Waals surface area contributed by atoms with Crippen LogP contribution >= 0.6 is 0 Å². The molecule has 0 amide bonds. The van der Waals surface area contributed by atoms with Crippen molar-refractivity contribution in [3.05, 3.63) is 40.1 Å². The zero-order chi connectivity index (χ0) is 12.0. The first-order chi connectivity index (χ1) is 7.63. The number of nitro groups is 1. The fraction of sp³-hybridized carbons (Fsp3) is 0.200. The largest absolute Gasteiger partial charge is 0.287 e. The van der Waals surface area contributed by atoms with E-state index in [0.717, 1.165) is 5.57 Å². The van der Waals surface area contributed by atoms with E-state index < -0.39 is 4.92 Å². The van der Waals surface area contributed by atoms with Crippen molar-refractivity contribution < 1.29 is 4.92 Å². The second-order valence-electron chi connectivity index (χ2n) is 3.06. The van der Waals surface area contributed by atoms with Gasteiger partial charge in [0, 0.05) is 12.3 Å². The maximum absolute atomic E-state index is 10.4. The Bertz CT molecular complexity index is 423. The molecule has 0 spiro atoms. The molecule has 0 aliphatic heterocycles. The molecule has 0 bridgehead atoms. The fourth-order valence-corrected chi connectivity index (χ4v) is 0.835. The first-order valence-electron chi connectivity index (χ1n) is 4.66. The Labute approximate surface area is 92.9 Å². The zero-order valence-electron chi connectivity index (χ0n) is 9.04. The number of allylic oxidation sites excluding steroid dienone is 2. The number of rotatable bonds is 4. The summed E-state index contributed by atoms with van der Waals surface area (Å²) in [6, 6.07) is 2.87. The summed E-state index contributed by atoms with van der Waals surface area (Å²) in [5.41, 5.74) is 3.64. The predicted octanol–water partition coefficient (Wildman–Crippen LogP) is 2.35. The summed E-state index contributed by atoms with van der Waals surface area (Å²) in [7, 11) is 0. The summed E-state index contributed by atoms with van der Waals surface area (Å²) in [5.74, 6) is 0.464. The predicted molar refractivity (Wildman–Crippen MR) is 62.4 cm³/mol. The van der Waals surface area contributed by atoms with Gasteiger partial charge in [0.05, 0.1) is 4.92 Å². The van der Waals surface area contributed by atoms with E-state index in [-0.39, 0.29) is 5.69 Å². The zero-order valence-corrected chi connectivity index (χ0v) is 9.04.